The highest BCUT2D eigenvalue weighted by molar-refractivity contribution is 9.10. The van der Waals surface area contributed by atoms with Gasteiger partial charge in [-0.3, -0.25) is 14.6 Å². The molecule has 3 atom stereocenters. The van der Waals surface area contributed by atoms with Crippen molar-refractivity contribution in [3.05, 3.63) is 33.4 Å². The molecule has 4 rings (SSSR count). The smallest absolute Gasteiger partial charge is 0.223 e. The van der Waals surface area contributed by atoms with Crippen LogP contribution in [0.4, 0.5) is 0 Å². The van der Waals surface area contributed by atoms with Crippen molar-refractivity contribution in [1.29, 1.82) is 5.26 Å². The third kappa shape index (κ3) is 6.26. The molecule has 1 N–H and O–H groups in total. The van der Waals surface area contributed by atoms with Gasteiger partial charge >= 0.3 is 0 Å². The van der Waals surface area contributed by atoms with Gasteiger partial charge in [0.25, 0.3) is 0 Å². The molecule has 0 spiro atoms. The highest BCUT2D eigenvalue weighted by Crippen LogP contribution is 2.48. The normalized spacial score (nSPS) is 23.2. The number of aliphatic imine (C=N–C) groups is 1. The second-order valence-corrected chi connectivity index (χ2v) is 11.1. The van der Waals surface area contributed by atoms with Crippen LogP contribution in [0, 0.1) is 29.1 Å². The maximum absolute atomic E-state index is 13.4. The van der Waals surface area contributed by atoms with Crippen molar-refractivity contribution in [2.75, 3.05) is 19.8 Å². The fourth-order valence-electron chi connectivity index (χ4n) is 5.40. The number of ketones is 1. The van der Waals surface area contributed by atoms with Crippen molar-refractivity contribution in [1.82, 2.24) is 5.32 Å². The van der Waals surface area contributed by atoms with E-state index in [4.69, 9.17) is 14.5 Å². The van der Waals surface area contributed by atoms with Gasteiger partial charge in [0.1, 0.15) is 0 Å². The van der Waals surface area contributed by atoms with E-state index < -0.39 is 11.8 Å². The minimum atomic E-state index is -0.520. The highest BCUT2D eigenvalue weighted by Gasteiger charge is 2.41. The summed E-state index contributed by atoms with van der Waals surface area (Å²) in [5.41, 5.74) is 3.11. The number of rotatable bonds is 11. The summed E-state index contributed by atoms with van der Waals surface area (Å²) < 4.78 is 12.7. The number of nitrogens with zero attached hydrogens (tertiary/aromatic N) is 2. The summed E-state index contributed by atoms with van der Waals surface area (Å²) in [7, 11) is 0. The van der Waals surface area contributed by atoms with Crippen molar-refractivity contribution < 1.29 is 19.1 Å². The summed E-state index contributed by atoms with van der Waals surface area (Å²) in [6.45, 7) is 7.37. The lowest BCUT2D eigenvalue weighted by Crippen LogP contribution is -2.32. The van der Waals surface area contributed by atoms with Crippen LogP contribution in [0.25, 0.3) is 0 Å². The number of carbonyl (C=O) groups excluding carboxylic acids is 2. The summed E-state index contributed by atoms with van der Waals surface area (Å²) in [6, 6.07) is 6.25. The first-order valence-electron chi connectivity index (χ1n) is 13.5. The van der Waals surface area contributed by atoms with Crippen molar-refractivity contribution in [2.45, 2.75) is 71.6 Å². The molecule has 0 aromatic heterocycles. The molecule has 1 fully saturated rings. The van der Waals surface area contributed by atoms with Crippen LogP contribution in [0.5, 0.6) is 11.5 Å². The maximum atomic E-state index is 13.4. The number of ether oxygens (including phenoxy) is 2. The summed E-state index contributed by atoms with van der Waals surface area (Å²) in [5, 5.41) is 13.0. The van der Waals surface area contributed by atoms with Crippen molar-refractivity contribution in [3.63, 3.8) is 0 Å². The molecule has 1 heterocycles. The van der Waals surface area contributed by atoms with Gasteiger partial charge in [0, 0.05) is 41.8 Å². The molecule has 8 heteroatoms. The van der Waals surface area contributed by atoms with Gasteiger partial charge in [-0.05, 0) is 85.5 Å². The summed E-state index contributed by atoms with van der Waals surface area (Å²) >= 11 is 3.66. The largest absolute Gasteiger partial charge is 0.490 e. The molecule has 3 aliphatic rings. The van der Waals surface area contributed by atoms with Crippen LogP contribution in [0.2, 0.25) is 0 Å². The van der Waals surface area contributed by atoms with E-state index in [1.807, 2.05) is 26.0 Å². The molecule has 1 amide bonds. The predicted molar refractivity (Wildman–Crippen MR) is 146 cm³/mol. The third-order valence-electron chi connectivity index (χ3n) is 7.31. The molecule has 7 nitrogen and oxygen atoms in total. The minimum absolute atomic E-state index is 0.101. The van der Waals surface area contributed by atoms with Crippen LogP contribution in [-0.4, -0.2) is 37.2 Å². The number of benzene rings is 1. The minimum Gasteiger partial charge on any atom is -0.490 e. The first kappa shape index (κ1) is 27.4. The van der Waals surface area contributed by atoms with Crippen LogP contribution >= 0.6 is 15.9 Å². The van der Waals surface area contributed by atoms with Gasteiger partial charge in [-0.25, -0.2) is 0 Å². The molecule has 37 heavy (non-hydrogen) atoms. The number of hydrogen-bond acceptors (Lipinski definition) is 6. The molecule has 1 aromatic carbocycles. The Hall–Kier alpha value is -2.66. The molecule has 198 valence electrons. The Morgan fingerprint density at radius 3 is 2.70 bits per heavy atom. The Balaban J connectivity index is 1.58. The van der Waals surface area contributed by atoms with Gasteiger partial charge in [-0.2, -0.15) is 5.26 Å². The summed E-state index contributed by atoms with van der Waals surface area (Å²) in [5.74, 6) is 0.976. The highest BCUT2D eigenvalue weighted by atomic mass is 79.9. The number of allylic oxidation sites excluding steroid dienone is 2. The Morgan fingerprint density at radius 1 is 1.24 bits per heavy atom. The molecule has 0 radical (unpaired) electrons. The number of hydrogen-bond donors (Lipinski definition) is 1. The summed E-state index contributed by atoms with van der Waals surface area (Å²) in [4.78, 5) is 30.0. The maximum Gasteiger partial charge on any atom is 0.223 e. The molecular formula is C29H36BrN3O4. The lowest BCUT2D eigenvalue weighted by atomic mass is 9.70. The number of amides is 1. The average molecular weight is 571 g/mol. The zero-order valence-corrected chi connectivity index (χ0v) is 23.5. The van der Waals surface area contributed by atoms with Gasteiger partial charge in [-0.1, -0.05) is 13.3 Å². The Morgan fingerprint density at radius 2 is 2.03 bits per heavy atom. The fourth-order valence-corrected chi connectivity index (χ4v) is 5.97. The number of nitrogens with one attached hydrogen (secondary N) is 1. The van der Waals surface area contributed by atoms with Crippen molar-refractivity contribution >= 4 is 33.3 Å². The first-order chi connectivity index (χ1) is 17.9. The van der Waals surface area contributed by atoms with Crippen molar-refractivity contribution in [2.24, 2.45) is 22.7 Å². The van der Waals surface area contributed by atoms with E-state index in [1.54, 1.807) is 0 Å². The molecule has 1 aromatic rings. The van der Waals surface area contributed by atoms with Gasteiger partial charge in [-0.15, -0.1) is 0 Å². The second kappa shape index (κ2) is 12.3. The lowest BCUT2D eigenvalue weighted by Gasteiger charge is -2.35. The van der Waals surface area contributed by atoms with Crippen molar-refractivity contribution in [3.8, 4) is 17.6 Å². The predicted octanol–water partition coefficient (Wildman–Crippen LogP) is 5.87. The monoisotopic (exact) mass is 569 g/mol. The quantitative estimate of drug-likeness (QED) is 0.335. The standard InChI is InChI=1S/C29H36BrN3O4/c1-4-7-18-12-23-27(24(34)13-18)26(21(16-31)17(3)33-23)20-14-22(30)28(25(15-20)36-5-2)37-11-6-10-32-29(35)19-8-9-19/h14-15,18-19,21,26H,4-13H2,1-3H3,(H,32,35). The fraction of sp³-hybridized carbons (Fsp3) is 0.586. The SMILES string of the molecule is CCCC1CC(=O)C2=C(C1)N=C(C)C(C#N)C2c1cc(Br)c(OCCCNC(=O)C2CC2)c(OCC)c1. The zero-order valence-electron chi connectivity index (χ0n) is 21.9. The van der Waals surface area contributed by atoms with E-state index in [0.717, 1.165) is 49.1 Å². The molecule has 1 aliphatic heterocycles. The van der Waals surface area contributed by atoms with Gasteiger partial charge in [0.2, 0.25) is 5.91 Å². The van der Waals surface area contributed by atoms with Crippen LogP contribution in [-0.2, 0) is 9.59 Å². The first-order valence-corrected chi connectivity index (χ1v) is 14.2. The molecule has 0 saturated heterocycles. The van der Waals surface area contributed by atoms with E-state index in [0.29, 0.717) is 60.1 Å². The van der Waals surface area contributed by atoms with Crippen LogP contribution in [0.3, 0.4) is 0 Å². The number of halogens is 1. The molecule has 2 aliphatic carbocycles. The molecule has 1 saturated carbocycles. The topological polar surface area (TPSA) is 101 Å². The van der Waals surface area contributed by atoms with E-state index in [9.17, 15) is 14.9 Å². The Labute approximate surface area is 227 Å². The van der Waals surface area contributed by atoms with E-state index >= 15 is 0 Å². The van der Waals surface area contributed by atoms with Crippen LogP contribution in [0.15, 0.2) is 32.9 Å². The summed E-state index contributed by atoms with van der Waals surface area (Å²) in [6.07, 6.45) is 5.97. The van der Waals surface area contributed by atoms with E-state index in [1.165, 1.54) is 0 Å². The molecular weight excluding hydrogens is 534 g/mol. The molecule has 3 unspecified atom stereocenters. The van der Waals surface area contributed by atoms with E-state index in [-0.39, 0.29) is 17.6 Å². The average Bonchev–Trinajstić information content (AvgIpc) is 3.70. The Kier molecular flexibility index (Phi) is 9.07. The number of Topliss-reactive ketones (excluding diaryl/α,β-unsaturated/α-hetero) is 1. The van der Waals surface area contributed by atoms with Crippen LogP contribution in [0.1, 0.15) is 77.2 Å². The Bertz CT molecular complexity index is 1150. The number of nitriles is 1. The molecule has 0 bridgehead atoms. The second-order valence-electron chi connectivity index (χ2n) is 10.2. The lowest BCUT2D eigenvalue weighted by molar-refractivity contribution is -0.122. The van der Waals surface area contributed by atoms with Gasteiger partial charge in [0.05, 0.1) is 29.7 Å². The third-order valence-corrected chi connectivity index (χ3v) is 7.90. The van der Waals surface area contributed by atoms with E-state index in [2.05, 4.69) is 34.2 Å². The zero-order chi connectivity index (χ0) is 26.5. The van der Waals surface area contributed by atoms with Gasteiger partial charge in [0.15, 0.2) is 17.3 Å². The van der Waals surface area contributed by atoms with Crippen LogP contribution < -0.4 is 14.8 Å². The van der Waals surface area contributed by atoms with Gasteiger partial charge < -0.3 is 14.8 Å². The number of carbonyl (C=O) groups is 2.